The molecule has 1 aliphatic rings. The maximum Gasteiger partial charge on any atom is 0.412 e. The summed E-state index contributed by atoms with van der Waals surface area (Å²) in [4.78, 5) is 22.9. The Morgan fingerprint density at radius 1 is 1.17 bits per heavy atom. The first-order valence-corrected chi connectivity index (χ1v) is 8.34. The lowest BCUT2D eigenvalue weighted by atomic mass is 9.96. The van der Waals surface area contributed by atoms with Crippen LogP contribution in [0.4, 0.5) is 10.5 Å². The van der Waals surface area contributed by atoms with E-state index in [1.807, 2.05) is 51.1 Å². The van der Waals surface area contributed by atoms with Gasteiger partial charge in [-0.05, 0) is 81.4 Å². The second-order valence-corrected chi connectivity index (χ2v) is 6.95. The van der Waals surface area contributed by atoms with E-state index in [0.29, 0.717) is 5.69 Å². The fourth-order valence-corrected chi connectivity index (χ4v) is 2.52. The van der Waals surface area contributed by atoms with Gasteiger partial charge in [-0.2, -0.15) is 0 Å². The van der Waals surface area contributed by atoms with Gasteiger partial charge in [0, 0.05) is 5.69 Å². The van der Waals surface area contributed by atoms with Crippen LogP contribution in [0.15, 0.2) is 42.0 Å². The molecule has 0 aliphatic heterocycles. The monoisotopic (exact) mass is 327 g/mol. The third-order valence-corrected chi connectivity index (χ3v) is 3.64. The molecule has 1 aliphatic carbocycles. The number of amides is 1. The van der Waals surface area contributed by atoms with Crippen LogP contribution in [0.3, 0.4) is 0 Å². The molecule has 0 bridgehead atoms. The quantitative estimate of drug-likeness (QED) is 0.784. The van der Waals surface area contributed by atoms with Crippen molar-refractivity contribution in [3.63, 3.8) is 0 Å². The third kappa shape index (κ3) is 5.69. The Morgan fingerprint density at radius 3 is 2.50 bits per heavy atom. The first-order chi connectivity index (χ1) is 11.4. The van der Waals surface area contributed by atoms with Crippen LogP contribution in [0, 0.1) is 0 Å². The molecule has 0 unspecified atom stereocenters. The summed E-state index contributed by atoms with van der Waals surface area (Å²) in [5.74, 6) is 0. The zero-order valence-electron chi connectivity index (χ0n) is 14.6. The highest BCUT2D eigenvalue weighted by atomic mass is 16.6. The van der Waals surface area contributed by atoms with Gasteiger partial charge in [0.15, 0.2) is 0 Å². The maximum absolute atomic E-state index is 11.8. The maximum atomic E-state index is 11.8. The Labute approximate surface area is 143 Å². The van der Waals surface area contributed by atoms with E-state index < -0.39 is 11.7 Å². The standard InChI is InChI=1S/C20H25NO3/c1-20(2,3)24-19(23)21-18-11-9-16(10-12-18)17-8-6-4-5-7-15(13-17)14-22/h8-14H,4-7H2,1-3H3,(H,21,23). The van der Waals surface area contributed by atoms with E-state index in [2.05, 4.69) is 11.4 Å². The number of carbonyl (C=O) groups is 2. The van der Waals surface area contributed by atoms with Gasteiger partial charge < -0.3 is 4.74 Å². The minimum absolute atomic E-state index is 0.469. The molecule has 0 saturated carbocycles. The van der Waals surface area contributed by atoms with Crippen LogP contribution in [-0.4, -0.2) is 18.0 Å². The van der Waals surface area contributed by atoms with Crippen LogP contribution in [0.2, 0.25) is 0 Å². The summed E-state index contributed by atoms with van der Waals surface area (Å²) in [6, 6.07) is 7.57. The van der Waals surface area contributed by atoms with Crippen LogP contribution in [-0.2, 0) is 9.53 Å². The van der Waals surface area contributed by atoms with Gasteiger partial charge in [0.05, 0.1) is 0 Å². The molecule has 0 saturated heterocycles. The number of carbonyl (C=O) groups excluding carboxylic acids is 2. The molecule has 0 heterocycles. The number of hydrogen-bond donors (Lipinski definition) is 1. The lowest BCUT2D eigenvalue weighted by molar-refractivity contribution is -0.105. The summed E-state index contributed by atoms with van der Waals surface area (Å²) < 4.78 is 5.24. The molecule has 4 heteroatoms. The van der Waals surface area contributed by atoms with Crippen molar-refractivity contribution in [1.29, 1.82) is 0 Å². The SMILES string of the molecule is CC(C)(C)OC(=O)Nc1ccc(C2=CCCCCC(C=O)=C2)cc1. The largest absolute Gasteiger partial charge is 0.444 e. The Hall–Kier alpha value is -2.36. The molecule has 0 spiro atoms. The molecule has 1 aromatic rings. The molecule has 0 aromatic heterocycles. The number of nitrogens with one attached hydrogen (secondary N) is 1. The molecule has 1 amide bonds. The zero-order valence-corrected chi connectivity index (χ0v) is 14.6. The highest BCUT2D eigenvalue weighted by Crippen LogP contribution is 2.24. The smallest absolute Gasteiger partial charge is 0.412 e. The van der Waals surface area contributed by atoms with Crippen LogP contribution >= 0.6 is 0 Å². The van der Waals surface area contributed by atoms with E-state index in [1.54, 1.807) is 0 Å². The predicted molar refractivity (Wildman–Crippen MR) is 96.9 cm³/mol. The van der Waals surface area contributed by atoms with E-state index in [1.165, 1.54) is 0 Å². The minimum atomic E-state index is -0.524. The van der Waals surface area contributed by atoms with Crippen LogP contribution < -0.4 is 5.32 Å². The lowest BCUT2D eigenvalue weighted by Crippen LogP contribution is -2.27. The normalized spacial score (nSPS) is 15.5. The van der Waals surface area contributed by atoms with Crippen LogP contribution in [0.5, 0.6) is 0 Å². The first kappa shape index (κ1) is 18.0. The Kier molecular flexibility index (Phi) is 5.96. The van der Waals surface area contributed by atoms with Crippen molar-refractivity contribution in [1.82, 2.24) is 0 Å². The average Bonchev–Trinajstić information content (AvgIpc) is 2.46. The molecule has 2 rings (SSSR count). The molecule has 0 radical (unpaired) electrons. The van der Waals surface area contributed by atoms with Gasteiger partial charge in [0.2, 0.25) is 0 Å². The van der Waals surface area contributed by atoms with E-state index in [4.69, 9.17) is 4.74 Å². The van der Waals surface area contributed by atoms with Crippen LogP contribution in [0.1, 0.15) is 52.0 Å². The van der Waals surface area contributed by atoms with E-state index in [-0.39, 0.29) is 0 Å². The van der Waals surface area contributed by atoms with Crippen molar-refractivity contribution in [3.05, 3.63) is 47.6 Å². The lowest BCUT2D eigenvalue weighted by Gasteiger charge is -2.19. The van der Waals surface area contributed by atoms with Crippen molar-refractivity contribution in [2.45, 2.75) is 52.1 Å². The molecular formula is C20H25NO3. The second kappa shape index (κ2) is 7.95. The van der Waals surface area contributed by atoms with E-state index >= 15 is 0 Å². The van der Waals surface area contributed by atoms with Gasteiger partial charge >= 0.3 is 6.09 Å². The van der Waals surface area contributed by atoms with E-state index in [0.717, 1.165) is 48.7 Å². The van der Waals surface area contributed by atoms with Gasteiger partial charge in [-0.3, -0.25) is 10.1 Å². The number of ether oxygens (including phenoxy) is 1. The Morgan fingerprint density at radius 2 is 1.88 bits per heavy atom. The van der Waals surface area contributed by atoms with E-state index in [9.17, 15) is 9.59 Å². The topological polar surface area (TPSA) is 55.4 Å². The van der Waals surface area contributed by atoms with Crippen molar-refractivity contribution in [2.75, 3.05) is 5.32 Å². The number of hydrogen-bond acceptors (Lipinski definition) is 3. The third-order valence-electron chi connectivity index (χ3n) is 3.64. The van der Waals surface area contributed by atoms with Gasteiger partial charge in [-0.25, -0.2) is 4.79 Å². The molecule has 24 heavy (non-hydrogen) atoms. The number of rotatable bonds is 3. The van der Waals surface area contributed by atoms with Gasteiger partial charge in [0.25, 0.3) is 0 Å². The van der Waals surface area contributed by atoms with Crippen molar-refractivity contribution < 1.29 is 14.3 Å². The predicted octanol–water partition coefficient (Wildman–Crippen LogP) is 5.12. The van der Waals surface area contributed by atoms with Crippen molar-refractivity contribution in [2.24, 2.45) is 0 Å². The average molecular weight is 327 g/mol. The summed E-state index contributed by atoms with van der Waals surface area (Å²) in [5.41, 5.74) is 3.08. The second-order valence-electron chi connectivity index (χ2n) is 6.95. The number of anilines is 1. The molecule has 1 N–H and O–H groups in total. The molecule has 1 aromatic carbocycles. The summed E-state index contributed by atoms with van der Waals surface area (Å²) >= 11 is 0. The fraction of sp³-hybridized carbons (Fsp3) is 0.400. The molecule has 4 nitrogen and oxygen atoms in total. The summed E-state index contributed by atoms with van der Waals surface area (Å²) in [5, 5.41) is 2.72. The molecule has 0 fully saturated rings. The number of benzene rings is 1. The first-order valence-electron chi connectivity index (χ1n) is 8.34. The summed E-state index contributed by atoms with van der Waals surface area (Å²) in [6.45, 7) is 5.48. The van der Waals surface area contributed by atoms with Crippen molar-refractivity contribution in [3.8, 4) is 0 Å². The molecule has 0 atom stereocenters. The highest BCUT2D eigenvalue weighted by Gasteiger charge is 2.16. The van der Waals surface area contributed by atoms with Gasteiger partial charge in [0.1, 0.15) is 11.9 Å². The van der Waals surface area contributed by atoms with Crippen LogP contribution in [0.25, 0.3) is 5.57 Å². The Balaban J connectivity index is 2.10. The number of allylic oxidation sites excluding steroid dienone is 4. The summed E-state index contributed by atoms with van der Waals surface area (Å²) in [6.07, 6.45) is 8.58. The van der Waals surface area contributed by atoms with Crippen molar-refractivity contribution >= 4 is 23.6 Å². The number of aldehydes is 1. The highest BCUT2D eigenvalue weighted by molar-refractivity contribution is 5.86. The zero-order chi connectivity index (χ0) is 17.6. The van der Waals surface area contributed by atoms with Gasteiger partial charge in [-0.1, -0.05) is 18.2 Å². The molecule has 128 valence electrons. The Bertz CT molecular complexity index is 648. The van der Waals surface area contributed by atoms with Gasteiger partial charge in [-0.15, -0.1) is 0 Å². The molecular weight excluding hydrogens is 302 g/mol. The fourth-order valence-electron chi connectivity index (χ4n) is 2.52. The summed E-state index contributed by atoms with van der Waals surface area (Å²) in [7, 11) is 0. The minimum Gasteiger partial charge on any atom is -0.444 e.